The largest absolute Gasteiger partial charge is 0.490 e. The highest BCUT2D eigenvalue weighted by molar-refractivity contribution is 5.93. The molecule has 1 fully saturated rings. The lowest BCUT2D eigenvalue weighted by Gasteiger charge is -2.11. The van der Waals surface area contributed by atoms with E-state index in [4.69, 9.17) is 15.4 Å². The second-order valence-electron chi connectivity index (χ2n) is 6.31. The topological polar surface area (TPSA) is 115 Å². The van der Waals surface area contributed by atoms with Crippen molar-refractivity contribution in [1.29, 1.82) is 5.26 Å². The summed E-state index contributed by atoms with van der Waals surface area (Å²) in [5.41, 5.74) is 0.249. The first-order chi connectivity index (χ1) is 15.8. The van der Waals surface area contributed by atoms with Crippen LogP contribution in [0.2, 0.25) is 0 Å². The minimum absolute atomic E-state index is 0.00376. The van der Waals surface area contributed by atoms with Crippen molar-refractivity contribution < 1.29 is 33.3 Å². The van der Waals surface area contributed by atoms with Crippen LogP contribution in [-0.2, 0) is 4.79 Å². The Morgan fingerprint density at radius 1 is 1.40 bits per heavy atom. The third-order valence-corrected chi connectivity index (χ3v) is 3.95. The molecule has 0 bridgehead atoms. The van der Waals surface area contributed by atoms with E-state index >= 15 is 0 Å². The molecule has 3 rings (SSSR count). The Balaban J connectivity index is 0.000000509. The molecule has 1 aromatic carbocycles. The molecule has 1 amide bonds. The fourth-order valence-corrected chi connectivity index (χ4v) is 2.56. The summed E-state index contributed by atoms with van der Waals surface area (Å²) in [5.74, 6) is -3.12. The lowest BCUT2D eigenvalue weighted by atomic mass is 10.0. The van der Waals surface area contributed by atoms with Gasteiger partial charge in [-0.2, -0.15) is 18.4 Å². The second-order valence-corrected chi connectivity index (χ2v) is 6.31. The maximum Gasteiger partial charge on any atom is 0.490 e. The van der Waals surface area contributed by atoms with Gasteiger partial charge in [0.1, 0.15) is 5.69 Å². The fourth-order valence-electron chi connectivity index (χ4n) is 2.56. The number of pyridine rings is 1. The number of benzene rings is 1. The van der Waals surface area contributed by atoms with Crippen LogP contribution in [0.4, 0.5) is 13.2 Å². The molecule has 0 spiro atoms. The van der Waals surface area contributed by atoms with Gasteiger partial charge in [0.2, 0.25) is 0 Å². The molecule has 0 aliphatic carbocycles. The normalized spacial score (nSPS) is 19.8. The molecule has 1 aliphatic rings. The van der Waals surface area contributed by atoms with Crippen LogP contribution >= 0.6 is 0 Å². The minimum atomic E-state index is -5.08. The van der Waals surface area contributed by atoms with E-state index in [1.54, 1.807) is 6.07 Å². The van der Waals surface area contributed by atoms with Crippen LogP contribution in [0, 0.1) is 11.3 Å². The molecule has 158 valence electrons. The number of halogens is 3. The summed E-state index contributed by atoms with van der Waals surface area (Å²) in [6.07, 6.45) is -2.87. The lowest BCUT2D eigenvalue weighted by molar-refractivity contribution is -0.192. The molecule has 1 aromatic heterocycles. The number of amides is 1. The first kappa shape index (κ1) is 17.4. The number of carbonyl (C=O) groups is 2. The predicted molar refractivity (Wildman–Crippen MR) is 101 cm³/mol. The van der Waals surface area contributed by atoms with Crippen LogP contribution in [-0.4, -0.2) is 46.8 Å². The number of aliphatic carboxylic acids is 1. The van der Waals surface area contributed by atoms with Crippen LogP contribution in [0.25, 0.3) is 11.1 Å². The number of carboxylic acids is 1. The number of nitriles is 1. The third kappa shape index (κ3) is 6.56. The zero-order valence-corrected chi connectivity index (χ0v) is 15.6. The number of alkyl halides is 3. The van der Waals surface area contributed by atoms with Gasteiger partial charge in [-0.25, -0.2) is 4.79 Å². The zero-order chi connectivity index (χ0) is 25.8. The summed E-state index contributed by atoms with van der Waals surface area (Å²) < 4.78 is 63.6. The maximum atomic E-state index is 12.5. The van der Waals surface area contributed by atoms with Gasteiger partial charge in [-0.3, -0.25) is 9.78 Å². The number of nitrogens with one attached hydrogen (secondary N) is 2. The van der Waals surface area contributed by atoms with E-state index in [-0.39, 0.29) is 40.9 Å². The van der Waals surface area contributed by atoms with Gasteiger partial charge >= 0.3 is 12.1 Å². The van der Waals surface area contributed by atoms with Crippen molar-refractivity contribution in [2.75, 3.05) is 6.54 Å². The van der Waals surface area contributed by atoms with Crippen molar-refractivity contribution in [3.05, 3.63) is 53.8 Å². The van der Waals surface area contributed by atoms with Crippen LogP contribution in [0.3, 0.4) is 0 Å². The van der Waals surface area contributed by atoms with E-state index in [1.165, 1.54) is 18.3 Å². The number of hydrogen-bond donors (Lipinski definition) is 3. The summed E-state index contributed by atoms with van der Waals surface area (Å²) in [6.45, 7) is 2.72. The third-order valence-electron chi connectivity index (χ3n) is 3.95. The number of carboxylic acid groups (broad SMARTS) is 1. The first-order valence-electron chi connectivity index (χ1n) is 10.6. The molecular formula is C20H19F3N4O3. The monoisotopic (exact) mass is 424 g/mol. The van der Waals surface area contributed by atoms with Crippen molar-refractivity contribution in [2.24, 2.45) is 0 Å². The molecule has 3 N–H and O–H groups in total. The van der Waals surface area contributed by atoms with Gasteiger partial charge in [-0.1, -0.05) is 12.1 Å². The molecule has 7 nitrogen and oxygen atoms in total. The SMILES string of the molecule is O=C(O)C(F)(F)F.[2H]c1c([2H])c(C#N)c([2H])c(-c2ccnc(C(=O)N[C@H]3CN[C@H](C)C3)c2)c1[2H]. The van der Waals surface area contributed by atoms with Gasteiger partial charge < -0.3 is 15.7 Å². The van der Waals surface area contributed by atoms with Crippen molar-refractivity contribution >= 4 is 11.9 Å². The molecule has 0 saturated carbocycles. The minimum Gasteiger partial charge on any atom is -0.475 e. The van der Waals surface area contributed by atoms with Gasteiger partial charge in [0.05, 0.1) is 17.1 Å². The Bertz CT molecular complexity index is 1160. The van der Waals surface area contributed by atoms with Gasteiger partial charge in [0.15, 0.2) is 0 Å². The average Bonchev–Trinajstić information content (AvgIpc) is 3.17. The van der Waals surface area contributed by atoms with E-state index in [0.29, 0.717) is 18.2 Å². The smallest absolute Gasteiger partial charge is 0.475 e. The van der Waals surface area contributed by atoms with E-state index in [9.17, 15) is 23.2 Å². The molecule has 2 heterocycles. The van der Waals surface area contributed by atoms with E-state index in [2.05, 4.69) is 15.6 Å². The Morgan fingerprint density at radius 2 is 2.10 bits per heavy atom. The summed E-state index contributed by atoms with van der Waals surface area (Å²) in [6, 6.07) is 3.56. The van der Waals surface area contributed by atoms with E-state index < -0.39 is 24.2 Å². The van der Waals surface area contributed by atoms with Gasteiger partial charge in [0, 0.05) is 24.8 Å². The van der Waals surface area contributed by atoms with Crippen LogP contribution < -0.4 is 10.6 Å². The summed E-state index contributed by atoms with van der Waals surface area (Å²) >= 11 is 0. The Morgan fingerprint density at radius 3 is 2.67 bits per heavy atom. The fraction of sp³-hybridized carbons (Fsp3) is 0.300. The van der Waals surface area contributed by atoms with Crippen LogP contribution in [0.1, 0.15) is 34.9 Å². The Kier molecular flexibility index (Phi) is 5.71. The first-order valence-corrected chi connectivity index (χ1v) is 8.59. The molecule has 30 heavy (non-hydrogen) atoms. The van der Waals surface area contributed by atoms with Crippen LogP contribution in [0.5, 0.6) is 0 Å². The Labute approximate surface area is 176 Å². The maximum absolute atomic E-state index is 12.5. The summed E-state index contributed by atoms with van der Waals surface area (Å²) in [4.78, 5) is 25.5. The number of aromatic nitrogens is 1. The van der Waals surface area contributed by atoms with Crippen molar-refractivity contribution in [3.63, 3.8) is 0 Å². The molecule has 10 heteroatoms. The zero-order valence-electron chi connectivity index (χ0n) is 19.6. The van der Waals surface area contributed by atoms with Crippen molar-refractivity contribution in [1.82, 2.24) is 15.6 Å². The molecular weight excluding hydrogens is 401 g/mol. The standard InChI is InChI=1S/C18H18N4O.C2HF3O2/c1-12-7-16(11-21-12)22-18(23)17-9-15(5-6-20-17)14-4-2-3-13(8-14)10-19;3-2(4,5)1(6)7/h2-6,8-9,12,16,21H,7,11H2,1H3,(H,22,23);(H,6,7)/t12-,16-;/m1./s1/i2D,3D,4D,8D;. The molecule has 0 unspecified atom stereocenters. The van der Waals surface area contributed by atoms with Gasteiger partial charge in [-0.05, 0) is 48.7 Å². The molecule has 0 radical (unpaired) electrons. The highest BCUT2D eigenvalue weighted by atomic mass is 19.4. The Hall–Kier alpha value is -3.45. The number of hydrogen-bond acceptors (Lipinski definition) is 5. The second kappa shape index (κ2) is 9.84. The summed E-state index contributed by atoms with van der Waals surface area (Å²) in [7, 11) is 0. The lowest BCUT2D eigenvalue weighted by Crippen LogP contribution is -2.36. The number of nitrogens with zero attached hydrogens (tertiary/aromatic N) is 2. The quantitative estimate of drug-likeness (QED) is 0.698. The highest BCUT2D eigenvalue weighted by Crippen LogP contribution is 2.20. The van der Waals surface area contributed by atoms with Gasteiger partial charge in [0.25, 0.3) is 5.91 Å². The number of rotatable bonds is 3. The van der Waals surface area contributed by atoms with Gasteiger partial charge in [-0.15, -0.1) is 0 Å². The predicted octanol–water partition coefficient (Wildman–Crippen LogP) is 2.73. The van der Waals surface area contributed by atoms with E-state index in [1.807, 2.05) is 6.92 Å². The molecule has 2 atom stereocenters. The molecule has 1 saturated heterocycles. The number of carbonyl (C=O) groups excluding carboxylic acids is 1. The average molecular weight is 424 g/mol. The summed E-state index contributed by atoms with van der Waals surface area (Å²) in [5, 5.41) is 22.5. The van der Waals surface area contributed by atoms with E-state index in [0.717, 1.165) is 6.42 Å². The van der Waals surface area contributed by atoms with Crippen LogP contribution in [0.15, 0.2) is 42.5 Å². The highest BCUT2D eigenvalue weighted by Gasteiger charge is 2.38. The molecule has 2 aromatic rings. The van der Waals surface area contributed by atoms with Crippen molar-refractivity contribution in [3.8, 4) is 17.2 Å². The molecule has 1 aliphatic heterocycles. The van der Waals surface area contributed by atoms with Crippen molar-refractivity contribution in [2.45, 2.75) is 31.6 Å².